The second-order valence-electron chi connectivity index (χ2n) is 5.55. The van der Waals surface area contributed by atoms with E-state index in [2.05, 4.69) is 25.8 Å². The SMILES string of the molecule is Cc1nc(Nc2cc(Cl)ccc2C)cc(C(=O)Nc2cc(C)on2)n1. The molecule has 2 heterocycles. The Morgan fingerprint density at radius 3 is 2.60 bits per heavy atom. The van der Waals surface area contributed by atoms with Gasteiger partial charge < -0.3 is 15.2 Å². The number of hydrogen-bond donors (Lipinski definition) is 2. The normalized spacial score (nSPS) is 10.6. The Labute approximate surface area is 149 Å². The van der Waals surface area contributed by atoms with Gasteiger partial charge in [0.15, 0.2) is 5.82 Å². The molecule has 0 radical (unpaired) electrons. The molecule has 25 heavy (non-hydrogen) atoms. The van der Waals surface area contributed by atoms with Crippen LogP contribution >= 0.6 is 11.6 Å². The van der Waals surface area contributed by atoms with Crippen LogP contribution in [0.15, 0.2) is 34.9 Å². The summed E-state index contributed by atoms with van der Waals surface area (Å²) in [7, 11) is 0. The standard InChI is InChI=1S/C17H16ClN5O2/c1-9-4-5-12(18)7-13(9)21-15-8-14(19-11(3)20-15)17(24)22-16-6-10(2)25-23-16/h4-8H,1-3H3,(H,19,20,21)(H,22,23,24). The maximum Gasteiger partial charge on any atom is 0.275 e. The van der Waals surface area contributed by atoms with E-state index in [4.69, 9.17) is 16.1 Å². The Bertz CT molecular complexity index is 939. The summed E-state index contributed by atoms with van der Waals surface area (Å²) in [6, 6.07) is 8.70. The van der Waals surface area contributed by atoms with E-state index in [0.717, 1.165) is 11.3 Å². The van der Waals surface area contributed by atoms with Gasteiger partial charge in [-0.05, 0) is 38.5 Å². The molecule has 8 heteroatoms. The van der Waals surface area contributed by atoms with Crippen LogP contribution < -0.4 is 10.6 Å². The summed E-state index contributed by atoms with van der Waals surface area (Å²) in [5.41, 5.74) is 2.03. The van der Waals surface area contributed by atoms with Crippen molar-refractivity contribution in [3.8, 4) is 0 Å². The van der Waals surface area contributed by atoms with Gasteiger partial charge in [0.05, 0.1) is 0 Å². The first kappa shape index (κ1) is 16.9. The van der Waals surface area contributed by atoms with Crippen LogP contribution in [-0.2, 0) is 0 Å². The van der Waals surface area contributed by atoms with Crippen molar-refractivity contribution in [1.29, 1.82) is 0 Å². The summed E-state index contributed by atoms with van der Waals surface area (Å²) in [5.74, 6) is 1.50. The maximum absolute atomic E-state index is 12.4. The average molecular weight is 358 g/mol. The van der Waals surface area contributed by atoms with Crippen LogP contribution in [0.4, 0.5) is 17.3 Å². The van der Waals surface area contributed by atoms with E-state index >= 15 is 0 Å². The lowest BCUT2D eigenvalue weighted by atomic mass is 10.2. The molecule has 7 nitrogen and oxygen atoms in total. The fourth-order valence-electron chi connectivity index (χ4n) is 2.22. The van der Waals surface area contributed by atoms with Crippen molar-refractivity contribution in [2.24, 2.45) is 0 Å². The number of carbonyl (C=O) groups is 1. The van der Waals surface area contributed by atoms with Crippen LogP contribution in [0.25, 0.3) is 0 Å². The van der Waals surface area contributed by atoms with Crippen molar-refractivity contribution >= 4 is 34.8 Å². The van der Waals surface area contributed by atoms with E-state index in [0.29, 0.717) is 28.2 Å². The molecule has 0 spiro atoms. The highest BCUT2D eigenvalue weighted by Gasteiger charge is 2.13. The molecule has 3 rings (SSSR count). The molecule has 0 saturated heterocycles. The molecule has 0 atom stereocenters. The summed E-state index contributed by atoms with van der Waals surface area (Å²) in [4.78, 5) is 20.9. The number of halogens is 1. The van der Waals surface area contributed by atoms with Crippen molar-refractivity contribution in [3.63, 3.8) is 0 Å². The quantitative estimate of drug-likeness (QED) is 0.732. The van der Waals surface area contributed by atoms with Gasteiger partial charge in [-0.15, -0.1) is 0 Å². The maximum atomic E-state index is 12.4. The lowest BCUT2D eigenvalue weighted by molar-refractivity contribution is 0.102. The number of carbonyl (C=O) groups excluding carboxylic acids is 1. The van der Waals surface area contributed by atoms with Crippen molar-refractivity contribution in [2.45, 2.75) is 20.8 Å². The number of nitrogens with zero attached hydrogens (tertiary/aromatic N) is 3. The van der Waals surface area contributed by atoms with Gasteiger partial charge >= 0.3 is 0 Å². The molecule has 0 saturated carbocycles. The summed E-state index contributed by atoms with van der Waals surface area (Å²) in [5, 5.41) is 10.1. The molecular weight excluding hydrogens is 342 g/mol. The molecule has 0 aliphatic rings. The lowest BCUT2D eigenvalue weighted by Crippen LogP contribution is -2.15. The average Bonchev–Trinajstić information content (AvgIpc) is 2.95. The lowest BCUT2D eigenvalue weighted by Gasteiger charge is -2.11. The number of aryl methyl sites for hydroxylation is 3. The Morgan fingerprint density at radius 2 is 1.88 bits per heavy atom. The number of nitrogens with one attached hydrogen (secondary N) is 2. The topological polar surface area (TPSA) is 92.9 Å². The zero-order chi connectivity index (χ0) is 18.0. The summed E-state index contributed by atoms with van der Waals surface area (Å²) >= 11 is 6.04. The molecule has 0 bridgehead atoms. The number of anilines is 3. The monoisotopic (exact) mass is 357 g/mol. The van der Waals surface area contributed by atoms with Gasteiger partial charge in [0.2, 0.25) is 0 Å². The predicted octanol–water partition coefficient (Wildman–Crippen LogP) is 4.04. The molecule has 0 aliphatic heterocycles. The third kappa shape index (κ3) is 4.13. The molecule has 2 aromatic heterocycles. The predicted molar refractivity (Wildman–Crippen MR) is 95.4 cm³/mol. The molecule has 1 amide bonds. The van der Waals surface area contributed by atoms with E-state index in [-0.39, 0.29) is 5.69 Å². The number of hydrogen-bond acceptors (Lipinski definition) is 6. The van der Waals surface area contributed by atoms with Crippen LogP contribution in [0.2, 0.25) is 5.02 Å². The van der Waals surface area contributed by atoms with Crippen LogP contribution in [0.5, 0.6) is 0 Å². The van der Waals surface area contributed by atoms with Crippen molar-refractivity contribution < 1.29 is 9.32 Å². The van der Waals surface area contributed by atoms with Gasteiger partial charge in [0.25, 0.3) is 5.91 Å². The van der Waals surface area contributed by atoms with E-state index in [1.54, 1.807) is 32.0 Å². The minimum Gasteiger partial charge on any atom is -0.360 e. The third-order valence-electron chi connectivity index (χ3n) is 3.40. The van der Waals surface area contributed by atoms with Gasteiger partial charge in [-0.2, -0.15) is 0 Å². The van der Waals surface area contributed by atoms with Gasteiger partial charge in [0, 0.05) is 22.8 Å². The molecule has 0 fully saturated rings. The van der Waals surface area contributed by atoms with E-state index in [9.17, 15) is 4.79 Å². The van der Waals surface area contributed by atoms with Gasteiger partial charge in [0.1, 0.15) is 23.1 Å². The minimum atomic E-state index is -0.398. The van der Waals surface area contributed by atoms with Crippen LogP contribution in [0.3, 0.4) is 0 Å². The zero-order valence-electron chi connectivity index (χ0n) is 13.9. The number of benzene rings is 1. The summed E-state index contributed by atoms with van der Waals surface area (Å²) in [6.45, 7) is 5.41. The van der Waals surface area contributed by atoms with Gasteiger partial charge in [-0.1, -0.05) is 22.8 Å². The Balaban J connectivity index is 1.84. The fourth-order valence-corrected chi connectivity index (χ4v) is 2.39. The summed E-state index contributed by atoms with van der Waals surface area (Å²) in [6.07, 6.45) is 0. The zero-order valence-corrected chi connectivity index (χ0v) is 14.7. The Hall–Kier alpha value is -2.93. The van der Waals surface area contributed by atoms with Crippen LogP contribution in [0.1, 0.15) is 27.6 Å². The Morgan fingerprint density at radius 1 is 1.08 bits per heavy atom. The first-order valence-electron chi connectivity index (χ1n) is 7.54. The molecule has 3 aromatic rings. The molecule has 0 unspecified atom stereocenters. The van der Waals surface area contributed by atoms with Gasteiger partial charge in [-0.3, -0.25) is 4.79 Å². The number of aromatic nitrogens is 3. The molecular formula is C17H16ClN5O2. The number of rotatable bonds is 4. The number of amides is 1. The van der Waals surface area contributed by atoms with Gasteiger partial charge in [-0.25, -0.2) is 9.97 Å². The first-order chi connectivity index (χ1) is 11.9. The first-order valence-corrected chi connectivity index (χ1v) is 7.92. The second kappa shape index (κ2) is 6.90. The molecule has 2 N–H and O–H groups in total. The minimum absolute atomic E-state index is 0.218. The molecule has 0 aliphatic carbocycles. The second-order valence-corrected chi connectivity index (χ2v) is 5.98. The van der Waals surface area contributed by atoms with Crippen molar-refractivity contribution in [3.05, 3.63) is 58.2 Å². The van der Waals surface area contributed by atoms with Crippen LogP contribution in [-0.4, -0.2) is 21.0 Å². The van der Waals surface area contributed by atoms with Crippen molar-refractivity contribution in [1.82, 2.24) is 15.1 Å². The van der Waals surface area contributed by atoms with E-state index in [1.807, 2.05) is 19.1 Å². The highest BCUT2D eigenvalue weighted by atomic mass is 35.5. The Kier molecular flexibility index (Phi) is 4.67. The summed E-state index contributed by atoms with van der Waals surface area (Å²) < 4.78 is 4.93. The molecule has 128 valence electrons. The highest BCUT2D eigenvalue weighted by Crippen LogP contribution is 2.23. The van der Waals surface area contributed by atoms with E-state index in [1.165, 1.54) is 0 Å². The fraction of sp³-hybridized carbons (Fsp3) is 0.176. The van der Waals surface area contributed by atoms with Crippen LogP contribution in [0, 0.1) is 20.8 Å². The largest absolute Gasteiger partial charge is 0.360 e. The van der Waals surface area contributed by atoms with E-state index < -0.39 is 5.91 Å². The smallest absolute Gasteiger partial charge is 0.275 e. The highest BCUT2D eigenvalue weighted by molar-refractivity contribution is 6.30. The third-order valence-corrected chi connectivity index (χ3v) is 3.64. The van der Waals surface area contributed by atoms with Crippen molar-refractivity contribution in [2.75, 3.05) is 10.6 Å². The molecule has 1 aromatic carbocycles.